The fourth-order valence-electron chi connectivity index (χ4n) is 3.46. The molecule has 0 saturated heterocycles. The monoisotopic (exact) mass is 402 g/mol. The number of rotatable bonds is 12. The van der Waals surface area contributed by atoms with Crippen molar-refractivity contribution in [2.24, 2.45) is 0 Å². The maximum atomic E-state index is 12.1. The van der Waals surface area contributed by atoms with Crippen molar-refractivity contribution in [2.75, 3.05) is 0 Å². The predicted molar refractivity (Wildman–Crippen MR) is 116 cm³/mol. The summed E-state index contributed by atoms with van der Waals surface area (Å²) in [7, 11) is 0. The first-order valence-electron chi connectivity index (χ1n) is 10.8. The molecule has 5 nitrogen and oxygen atoms in total. The number of phenols is 2. The Hall–Kier alpha value is -2.43. The zero-order valence-electron chi connectivity index (χ0n) is 17.7. The summed E-state index contributed by atoms with van der Waals surface area (Å²) in [5, 5.41) is 29.9. The second-order valence-corrected chi connectivity index (χ2v) is 7.83. The first kappa shape index (κ1) is 22.9. The Bertz CT molecular complexity index is 815. The molecular formula is C24H34O5. The van der Waals surface area contributed by atoms with Crippen molar-refractivity contribution < 1.29 is 19.7 Å². The van der Waals surface area contributed by atoms with Crippen LogP contribution in [0.5, 0.6) is 17.2 Å². The maximum absolute atomic E-state index is 12.1. The average Bonchev–Trinajstić information content (AvgIpc) is 2.69. The smallest absolute Gasteiger partial charge is 0.227 e. The van der Waals surface area contributed by atoms with Gasteiger partial charge in [-0.25, -0.2) is 0 Å². The summed E-state index contributed by atoms with van der Waals surface area (Å²) in [6, 6.07) is 4.06. The summed E-state index contributed by atoms with van der Waals surface area (Å²) in [4.78, 5) is 12.1. The molecule has 0 aliphatic rings. The zero-order valence-corrected chi connectivity index (χ0v) is 17.7. The molecule has 0 radical (unpaired) electrons. The van der Waals surface area contributed by atoms with Gasteiger partial charge in [0.15, 0.2) is 5.76 Å². The Labute approximate surface area is 173 Å². The van der Waals surface area contributed by atoms with Gasteiger partial charge in [0.05, 0.1) is 0 Å². The van der Waals surface area contributed by atoms with E-state index in [9.17, 15) is 20.1 Å². The summed E-state index contributed by atoms with van der Waals surface area (Å²) in [6.07, 6.45) is 12.9. The Kier molecular flexibility index (Phi) is 9.10. The van der Waals surface area contributed by atoms with Gasteiger partial charge in [-0.3, -0.25) is 4.79 Å². The van der Waals surface area contributed by atoms with E-state index in [1.807, 2.05) is 0 Å². The third kappa shape index (κ3) is 6.84. The van der Waals surface area contributed by atoms with Crippen LogP contribution >= 0.6 is 0 Å². The Morgan fingerprint density at radius 1 is 0.793 bits per heavy atom. The van der Waals surface area contributed by atoms with Gasteiger partial charge in [0, 0.05) is 23.6 Å². The first-order chi connectivity index (χ1) is 13.9. The molecule has 0 amide bonds. The number of hydrogen-bond donors (Lipinski definition) is 3. The molecule has 0 unspecified atom stereocenters. The molecule has 0 aliphatic carbocycles. The molecule has 0 fully saturated rings. The van der Waals surface area contributed by atoms with E-state index >= 15 is 0 Å². The third-order valence-electron chi connectivity index (χ3n) is 5.37. The summed E-state index contributed by atoms with van der Waals surface area (Å²) >= 11 is 0. The van der Waals surface area contributed by atoms with E-state index in [0.29, 0.717) is 17.7 Å². The Morgan fingerprint density at radius 3 is 1.86 bits per heavy atom. The summed E-state index contributed by atoms with van der Waals surface area (Å²) < 4.78 is 5.74. The molecule has 3 N–H and O–H groups in total. The highest BCUT2D eigenvalue weighted by molar-refractivity contribution is 5.68. The first-order valence-corrected chi connectivity index (χ1v) is 10.8. The molecule has 29 heavy (non-hydrogen) atoms. The highest BCUT2D eigenvalue weighted by Gasteiger charge is 2.16. The average molecular weight is 403 g/mol. The molecule has 0 spiro atoms. The standard InChI is InChI=1S/C24H34O5/c1-3-4-5-6-7-8-9-10-11-12-13-19-16-22(27)23(28)24(29-19)18-14-20(25)17(2)21(26)15-18/h14-16,25-26,28H,3-13H2,1-2H3. The highest BCUT2D eigenvalue weighted by Crippen LogP contribution is 2.36. The number of unbranched alkanes of at least 4 members (excludes halogenated alkanes) is 9. The second kappa shape index (κ2) is 11.5. The lowest BCUT2D eigenvalue weighted by Gasteiger charge is -2.09. The molecule has 2 rings (SSSR count). The van der Waals surface area contributed by atoms with Gasteiger partial charge in [0.25, 0.3) is 0 Å². The van der Waals surface area contributed by atoms with Crippen molar-refractivity contribution in [3.05, 3.63) is 39.7 Å². The van der Waals surface area contributed by atoms with Crippen molar-refractivity contribution in [3.63, 3.8) is 0 Å². The van der Waals surface area contributed by atoms with E-state index in [0.717, 1.165) is 12.8 Å². The van der Waals surface area contributed by atoms with E-state index < -0.39 is 11.2 Å². The fourth-order valence-corrected chi connectivity index (χ4v) is 3.46. The van der Waals surface area contributed by atoms with Gasteiger partial charge in [-0.15, -0.1) is 0 Å². The summed E-state index contributed by atoms with van der Waals surface area (Å²) in [5.41, 5.74) is 0.0788. The van der Waals surface area contributed by atoms with E-state index in [1.165, 1.54) is 69.6 Å². The van der Waals surface area contributed by atoms with Crippen LogP contribution in [0.2, 0.25) is 0 Å². The van der Waals surface area contributed by atoms with E-state index in [-0.39, 0.29) is 22.8 Å². The van der Waals surface area contributed by atoms with Gasteiger partial charge < -0.3 is 19.7 Å². The minimum Gasteiger partial charge on any atom is -0.508 e. The lowest BCUT2D eigenvalue weighted by molar-refractivity contribution is 0.417. The molecule has 1 aromatic heterocycles. The van der Waals surface area contributed by atoms with Crippen molar-refractivity contribution in [1.29, 1.82) is 0 Å². The number of aromatic hydroxyl groups is 3. The lowest BCUT2D eigenvalue weighted by Crippen LogP contribution is -2.03. The van der Waals surface area contributed by atoms with Crippen LogP contribution in [0, 0.1) is 6.92 Å². The van der Waals surface area contributed by atoms with Crippen molar-refractivity contribution >= 4 is 0 Å². The van der Waals surface area contributed by atoms with Gasteiger partial charge >= 0.3 is 0 Å². The minimum atomic E-state index is -0.520. The van der Waals surface area contributed by atoms with Crippen molar-refractivity contribution in [3.8, 4) is 28.6 Å². The third-order valence-corrected chi connectivity index (χ3v) is 5.37. The van der Waals surface area contributed by atoms with Crippen LogP contribution in [0.15, 0.2) is 27.4 Å². The van der Waals surface area contributed by atoms with E-state index in [4.69, 9.17) is 4.42 Å². The maximum Gasteiger partial charge on any atom is 0.227 e. The second-order valence-electron chi connectivity index (χ2n) is 7.83. The largest absolute Gasteiger partial charge is 0.508 e. The predicted octanol–water partition coefficient (Wildman–Crippen LogP) is 6.20. The topological polar surface area (TPSA) is 90.9 Å². The highest BCUT2D eigenvalue weighted by atomic mass is 16.4. The molecule has 5 heteroatoms. The summed E-state index contributed by atoms with van der Waals surface area (Å²) in [5.74, 6) is -0.282. The van der Waals surface area contributed by atoms with Crippen molar-refractivity contribution in [2.45, 2.75) is 84.5 Å². The van der Waals surface area contributed by atoms with Crippen molar-refractivity contribution in [1.82, 2.24) is 0 Å². The summed E-state index contributed by atoms with van der Waals surface area (Å²) in [6.45, 7) is 3.81. The van der Waals surface area contributed by atoms with Gasteiger partial charge in [0.2, 0.25) is 11.2 Å². The van der Waals surface area contributed by atoms with Crippen LogP contribution in [-0.2, 0) is 6.42 Å². The van der Waals surface area contributed by atoms with E-state index in [2.05, 4.69) is 6.92 Å². The molecular weight excluding hydrogens is 368 g/mol. The fraction of sp³-hybridized carbons (Fsp3) is 0.542. The lowest BCUT2D eigenvalue weighted by atomic mass is 10.0. The van der Waals surface area contributed by atoms with Crippen LogP contribution in [-0.4, -0.2) is 15.3 Å². The SMILES string of the molecule is CCCCCCCCCCCCc1cc(=O)c(O)c(-c2cc(O)c(C)c(O)c2)o1. The van der Waals surface area contributed by atoms with Gasteiger partial charge in [0.1, 0.15) is 17.3 Å². The quantitative estimate of drug-likeness (QED) is 0.368. The number of benzene rings is 1. The Balaban J connectivity index is 1.89. The van der Waals surface area contributed by atoms with Crippen LogP contribution in [0.25, 0.3) is 11.3 Å². The van der Waals surface area contributed by atoms with Crippen LogP contribution in [0.3, 0.4) is 0 Å². The normalized spacial score (nSPS) is 11.1. The van der Waals surface area contributed by atoms with E-state index in [1.54, 1.807) is 6.92 Å². The van der Waals surface area contributed by atoms with Gasteiger partial charge in [-0.2, -0.15) is 0 Å². The zero-order chi connectivity index (χ0) is 21.2. The molecule has 0 saturated carbocycles. The van der Waals surface area contributed by atoms with Crippen LogP contribution in [0.4, 0.5) is 0 Å². The molecule has 2 aromatic rings. The molecule has 0 aliphatic heterocycles. The molecule has 0 atom stereocenters. The Morgan fingerprint density at radius 2 is 1.31 bits per heavy atom. The minimum absolute atomic E-state index is 0.0230. The van der Waals surface area contributed by atoms with Crippen LogP contribution < -0.4 is 5.43 Å². The number of phenolic OH excluding ortho intramolecular Hbond substituents is 2. The number of aryl methyl sites for hydroxylation is 1. The molecule has 1 aromatic carbocycles. The number of hydrogen-bond acceptors (Lipinski definition) is 5. The molecule has 160 valence electrons. The van der Waals surface area contributed by atoms with Crippen LogP contribution in [0.1, 0.15) is 82.5 Å². The van der Waals surface area contributed by atoms with Gasteiger partial charge in [-0.1, -0.05) is 64.7 Å². The molecule has 1 heterocycles. The molecule has 0 bridgehead atoms. The van der Waals surface area contributed by atoms with Gasteiger partial charge in [-0.05, 0) is 25.5 Å².